The van der Waals surface area contributed by atoms with Crippen LogP contribution in [-0.2, 0) is 0 Å². The van der Waals surface area contributed by atoms with Crippen LogP contribution in [-0.4, -0.2) is 41.5 Å². The predicted molar refractivity (Wildman–Crippen MR) is 18.5 cm³/mol. The van der Waals surface area contributed by atoms with E-state index in [0.29, 0.717) is 0 Å². The van der Waals surface area contributed by atoms with Crippen LogP contribution in [0, 0.1) is 0 Å². The molecule has 2 nitrogen and oxygen atoms in total. The molecule has 0 unspecified atom stereocenters. The zero-order valence-corrected chi connectivity index (χ0v) is 1.60. The molecule has 0 aliphatic heterocycles. The number of hydrogen-bond donors (Lipinski definition) is 1. The molecule has 0 radical (unpaired) electrons. The van der Waals surface area contributed by atoms with Gasteiger partial charge < -0.3 is 5.21 Å². The minimum absolute atomic E-state index is 0. The first-order valence-electron chi connectivity index (χ1n) is 0.516. The fraction of sp³-hybridized carbons (Fsp3) is 0. The first kappa shape index (κ1) is 8.82. The zero-order chi connectivity index (χ0) is 2.71. The van der Waals surface area contributed by atoms with E-state index in [1.807, 2.05) is 0 Å². The molecule has 4 heavy (non-hydrogen) atoms. The van der Waals surface area contributed by atoms with Crippen molar-refractivity contribution in [3.8, 4) is 0 Å². The SMILES string of the molecule is C=NO.[NaH]. The summed E-state index contributed by atoms with van der Waals surface area (Å²) in [7, 11) is 0. The average Bonchev–Trinajstić information content (AvgIpc) is 0.918. The van der Waals surface area contributed by atoms with Crippen molar-refractivity contribution in [3.63, 3.8) is 0 Å². The fourth-order valence-corrected chi connectivity index (χ4v) is 0. The predicted octanol–water partition coefficient (Wildman–Crippen LogP) is -0.572. The molecule has 0 atom stereocenters. The molecule has 1 N–H and O–H groups in total. The van der Waals surface area contributed by atoms with Gasteiger partial charge in [0, 0.05) is 6.72 Å². The molecular weight excluding hydrogens is 65.0 g/mol. The van der Waals surface area contributed by atoms with E-state index in [1.165, 1.54) is 0 Å². The van der Waals surface area contributed by atoms with Crippen LogP contribution in [0.3, 0.4) is 0 Å². The van der Waals surface area contributed by atoms with Gasteiger partial charge in [0.15, 0.2) is 0 Å². The van der Waals surface area contributed by atoms with Crippen molar-refractivity contribution in [2.75, 3.05) is 0 Å². The summed E-state index contributed by atoms with van der Waals surface area (Å²) in [5, 5.41) is 9.33. The molecule has 0 amide bonds. The van der Waals surface area contributed by atoms with Gasteiger partial charge in [0.05, 0.1) is 0 Å². The number of oxime groups is 1. The third-order valence-corrected chi connectivity index (χ3v) is 0. The van der Waals surface area contributed by atoms with E-state index in [9.17, 15) is 0 Å². The summed E-state index contributed by atoms with van der Waals surface area (Å²) in [5.41, 5.74) is 0. The number of hydrogen-bond acceptors (Lipinski definition) is 2. The van der Waals surface area contributed by atoms with Crippen LogP contribution in [0.2, 0.25) is 0 Å². The molecule has 0 bridgehead atoms. The first-order valence-corrected chi connectivity index (χ1v) is 0.516. The Bertz CT molecular complexity index is 15.5. The molecule has 0 saturated heterocycles. The Morgan fingerprint density at radius 1 is 1.75 bits per heavy atom. The monoisotopic (exact) mass is 69.0 g/mol. The zero-order valence-electron chi connectivity index (χ0n) is 1.60. The van der Waals surface area contributed by atoms with E-state index in [1.54, 1.807) is 0 Å². The molecule has 0 rings (SSSR count). The van der Waals surface area contributed by atoms with E-state index in [0.717, 1.165) is 0 Å². The third kappa shape index (κ3) is 24.2. The third-order valence-electron chi connectivity index (χ3n) is 0. The van der Waals surface area contributed by atoms with Gasteiger partial charge in [-0.25, -0.2) is 0 Å². The summed E-state index contributed by atoms with van der Waals surface area (Å²) < 4.78 is 0. The molecule has 0 aromatic rings. The van der Waals surface area contributed by atoms with Gasteiger partial charge in [-0.2, -0.15) is 0 Å². The van der Waals surface area contributed by atoms with Crippen LogP contribution in [0.15, 0.2) is 5.16 Å². The Balaban J connectivity index is 0. The maximum absolute atomic E-state index is 7.08. The quantitative estimate of drug-likeness (QED) is 0.176. The van der Waals surface area contributed by atoms with Gasteiger partial charge in [0.1, 0.15) is 0 Å². The van der Waals surface area contributed by atoms with Crippen molar-refractivity contribution >= 4 is 36.3 Å². The molecule has 20 valence electrons. The summed E-state index contributed by atoms with van der Waals surface area (Å²) in [6.45, 7) is 2.67. The van der Waals surface area contributed by atoms with Gasteiger partial charge in [-0.15, -0.1) is 5.16 Å². The first-order chi connectivity index (χ1) is 1.41. The normalized spacial score (nSPS) is 3.00. The molecule has 3 heteroatoms. The van der Waals surface area contributed by atoms with Crippen LogP contribution in [0.25, 0.3) is 0 Å². The van der Waals surface area contributed by atoms with Gasteiger partial charge in [0.2, 0.25) is 0 Å². The summed E-state index contributed by atoms with van der Waals surface area (Å²) in [6.07, 6.45) is 0. The Labute approximate surface area is 46.8 Å². The number of rotatable bonds is 0. The molecule has 0 saturated carbocycles. The summed E-state index contributed by atoms with van der Waals surface area (Å²) in [6, 6.07) is 0. The molecule has 0 aliphatic rings. The molecule has 0 spiro atoms. The summed E-state index contributed by atoms with van der Waals surface area (Å²) in [4.78, 5) is 0. The van der Waals surface area contributed by atoms with Crippen molar-refractivity contribution < 1.29 is 5.21 Å². The van der Waals surface area contributed by atoms with E-state index < -0.39 is 0 Å². The summed E-state index contributed by atoms with van der Waals surface area (Å²) >= 11 is 0. The van der Waals surface area contributed by atoms with E-state index in [-0.39, 0.29) is 29.6 Å². The molecule has 0 fully saturated rings. The second-order valence-electron chi connectivity index (χ2n) is 0.141. The fourth-order valence-electron chi connectivity index (χ4n) is 0. The minimum atomic E-state index is 0. The van der Waals surface area contributed by atoms with Gasteiger partial charge in [0.25, 0.3) is 0 Å². The van der Waals surface area contributed by atoms with Gasteiger partial charge in [-0.05, 0) is 0 Å². The number of nitrogens with zero attached hydrogens (tertiary/aromatic N) is 1. The van der Waals surface area contributed by atoms with Crippen molar-refractivity contribution in [1.29, 1.82) is 0 Å². The standard InChI is InChI=1S/CH3NO.Na.H/c1-2-3;;/h3H,1H2;;. The van der Waals surface area contributed by atoms with Crippen molar-refractivity contribution in [3.05, 3.63) is 0 Å². The Morgan fingerprint density at radius 3 is 1.75 bits per heavy atom. The van der Waals surface area contributed by atoms with E-state index in [2.05, 4.69) is 11.9 Å². The maximum atomic E-state index is 7.08. The Hall–Kier alpha value is 0.470. The van der Waals surface area contributed by atoms with Gasteiger partial charge in [-0.1, -0.05) is 0 Å². The van der Waals surface area contributed by atoms with Crippen LogP contribution >= 0.6 is 0 Å². The van der Waals surface area contributed by atoms with Crippen molar-refractivity contribution in [2.45, 2.75) is 0 Å². The van der Waals surface area contributed by atoms with Crippen LogP contribution in [0.4, 0.5) is 0 Å². The molecular formula is CH4NNaO. The average molecular weight is 69.0 g/mol. The molecule has 0 aromatic carbocycles. The molecule has 0 heterocycles. The van der Waals surface area contributed by atoms with Crippen molar-refractivity contribution in [1.82, 2.24) is 0 Å². The van der Waals surface area contributed by atoms with E-state index in [4.69, 9.17) is 5.21 Å². The topological polar surface area (TPSA) is 32.6 Å². The van der Waals surface area contributed by atoms with Crippen LogP contribution in [0.5, 0.6) is 0 Å². The Morgan fingerprint density at radius 2 is 1.75 bits per heavy atom. The molecule has 0 aliphatic carbocycles. The van der Waals surface area contributed by atoms with Crippen molar-refractivity contribution in [2.24, 2.45) is 5.16 Å². The van der Waals surface area contributed by atoms with Crippen LogP contribution < -0.4 is 0 Å². The van der Waals surface area contributed by atoms with E-state index >= 15 is 0 Å². The second-order valence-corrected chi connectivity index (χ2v) is 0.141. The molecule has 0 aromatic heterocycles. The van der Waals surface area contributed by atoms with Gasteiger partial charge in [-0.3, -0.25) is 0 Å². The van der Waals surface area contributed by atoms with Gasteiger partial charge >= 0.3 is 29.6 Å². The second kappa shape index (κ2) is 9.80. The summed E-state index contributed by atoms with van der Waals surface area (Å²) in [5.74, 6) is 0. The Kier molecular flexibility index (Phi) is 21.6. The van der Waals surface area contributed by atoms with Crippen LogP contribution in [0.1, 0.15) is 0 Å².